The van der Waals surface area contributed by atoms with Crippen molar-refractivity contribution in [1.29, 1.82) is 0 Å². The van der Waals surface area contributed by atoms with Crippen molar-refractivity contribution in [3.05, 3.63) is 23.3 Å². The molecule has 1 fully saturated rings. The van der Waals surface area contributed by atoms with Crippen molar-refractivity contribution in [2.24, 2.45) is 10.9 Å². The molecule has 2 rings (SSSR count). The van der Waals surface area contributed by atoms with Crippen LogP contribution >= 0.6 is 0 Å². The summed E-state index contributed by atoms with van der Waals surface area (Å²) in [6, 6.07) is 4.67. The van der Waals surface area contributed by atoms with Gasteiger partial charge in [0.2, 0.25) is 0 Å². The lowest BCUT2D eigenvalue weighted by atomic mass is 9.84. The smallest absolute Gasteiger partial charge is 0.119 e. The number of benzene rings is 1. The number of hydrogen-bond acceptors (Lipinski definition) is 3. The van der Waals surface area contributed by atoms with Crippen molar-refractivity contribution >= 4 is 11.9 Å². The van der Waals surface area contributed by atoms with Crippen molar-refractivity contribution in [2.75, 3.05) is 19.5 Å². The maximum atomic E-state index is 5.51. The van der Waals surface area contributed by atoms with Gasteiger partial charge in [0.15, 0.2) is 0 Å². The highest BCUT2D eigenvalue weighted by molar-refractivity contribution is 5.90. The van der Waals surface area contributed by atoms with Crippen LogP contribution in [0.1, 0.15) is 64.5 Å². The Balaban J connectivity index is 2.40. The van der Waals surface area contributed by atoms with E-state index in [1.165, 1.54) is 31.2 Å². The lowest BCUT2D eigenvalue weighted by Gasteiger charge is -2.26. The molecule has 1 aromatic rings. The van der Waals surface area contributed by atoms with Crippen LogP contribution in [-0.2, 0) is 5.41 Å². The molecule has 0 saturated heterocycles. The third-order valence-corrected chi connectivity index (χ3v) is 4.91. The summed E-state index contributed by atoms with van der Waals surface area (Å²) in [5, 5.41) is 3.37. The molecule has 2 atom stereocenters. The zero-order chi connectivity index (χ0) is 17.0. The average Bonchev–Trinajstić information content (AvgIpc) is 2.52. The maximum Gasteiger partial charge on any atom is 0.119 e. The average molecular weight is 316 g/mol. The second-order valence-corrected chi connectivity index (χ2v) is 7.75. The number of anilines is 1. The highest BCUT2D eigenvalue weighted by Crippen LogP contribution is 2.35. The molecule has 1 saturated carbocycles. The Morgan fingerprint density at radius 3 is 2.48 bits per heavy atom. The van der Waals surface area contributed by atoms with Crippen LogP contribution in [0, 0.1) is 5.92 Å². The number of nitrogens with one attached hydrogen (secondary N) is 1. The van der Waals surface area contributed by atoms with Crippen LogP contribution in [0.15, 0.2) is 17.1 Å². The molecular weight excluding hydrogens is 284 g/mol. The first kappa shape index (κ1) is 17.8. The molecule has 0 radical (unpaired) electrons. The second kappa shape index (κ2) is 7.37. The Morgan fingerprint density at radius 1 is 1.22 bits per heavy atom. The van der Waals surface area contributed by atoms with Crippen molar-refractivity contribution < 1.29 is 4.74 Å². The van der Waals surface area contributed by atoms with Crippen molar-refractivity contribution in [2.45, 2.75) is 64.8 Å². The van der Waals surface area contributed by atoms with Gasteiger partial charge in [-0.25, -0.2) is 0 Å². The van der Waals surface area contributed by atoms with Gasteiger partial charge in [0.25, 0.3) is 0 Å². The molecule has 0 amide bonds. The number of methoxy groups -OCH3 is 1. The zero-order valence-electron chi connectivity index (χ0n) is 15.6. The summed E-state index contributed by atoms with van der Waals surface area (Å²) in [7, 11) is 3.71. The molecule has 23 heavy (non-hydrogen) atoms. The molecule has 1 aliphatic rings. The first-order chi connectivity index (χ1) is 10.9. The lowest BCUT2D eigenvalue weighted by Crippen LogP contribution is -2.20. The molecule has 3 heteroatoms. The van der Waals surface area contributed by atoms with Crippen LogP contribution in [0.5, 0.6) is 5.75 Å². The minimum Gasteiger partial charge on any atom is -0.497 e. The van der Waals surface area contributed by atoms with E-state index in [4.69, 9.17) is 9.73 Å². The van der Waals surface area contributed by atoms with Crippen LogP contribution in [0.25, 0.3) is 0 Å². The van der Waals surface area contributed by atoms with Crippen molar-refractivity contribution in [3.63, 3.8) is 0 Å². The van der Waals surface area contributed by atoms with E-state index in [1.807, 2.05) is 7.05 Å². The van der Waals surface area contributed by atoms with Crippen LogP contribution in [0.4, 0.5) is 5.69 Å². The predicted octanol–water partition coefficient (Wildman–Crippen LogP) is 5.03. The summed E-state index contributed by atoms with van der Waals surface area (Å²) in [4.78, 5) is 4.92. The van der Waals surface area contributed by atoms with Crippen LogP contribution < -0.4 is 10.1 Å². The molecule has 0 spiro atoms. The minimum atomic E-state index is 0.0492. The summed E-state index contributed by atoms with van der Waals surface area (Å²) in [5.74, 6) is 1.58. The normalized spacial score (nSPS) is 22.3. The van der Waals surface area contributed by atoms with Crippen LogP contribution in [0.3, 0.4) is 0 Å². The first-order valence-corrected chi connectivity index (χ1v) is 8.80. The van der Waals surface area contributed by atoms with E-state index in [9.17, 15) is 0 Å². The fourth-order valence-corrected chi connectivity index (χ4v) is 3.42. The van der Waals surface area contributed by atoms with Gasteiger partial charge in [0.05, 0.1) is 13.2 Å². The number of hydrogen-bond donors (Lipinski definition) is 1. The Bertz CT molecular complexity index is 557. The van der Waals surface area contributed by atoms with Crippen molar-refractivity contribution in [1.82, 2.24) is 0 Å². The first-order valence-electron chi connectivity index (χ1n) is 8.80. The van der Waals surface area contributed by atoms with E-state index in [1.54, 1.807) is 7.11 Å². The Morgan fingerprint density at radius 2 is 1.91 bits per heavy atom. The number of ether oxygens (including phenoxy) is 1. The predicted molar refractivity (Wildman–Crippen MR) is 100 cm³/mol. The van der Waals surface area contributed by atoms with Crippen LogP contribution in [-0.4, -0.2) is 26.4 Å². The molecule has 1 aromatic carbocycles. The standard InChI is InChI=1S/C20H32N2O/c1-14-9-7-8-10-18(14)22-13-15-11-16(23-6)12-17(19(15)21-5)20(2,3)4/h11-14,18,21H,7-10H2,1-6H3. The molecule has 0 bridgehead atoms. The summed E-state index contributed by atoms with van der Waals surface area (Å²) < 4.78 is 5.51. The monoisotopic (exact) mass is 316 g/mol. The highest BCUT2D eigenvalue weighted by Gasteiger charge is 2.22. The van der Waals surface area contributed by atoms with Gasteiger partial charge in [-0.1, -0.05) is 40.5 Å². The summed E-state index contributed by atoms with van der Waals surface area (Å²) >= 11 is 0. The lowest BCUT2D eigenvalue weighted by molar-refractivity contribution is 0.333. The van der Waals surface area contributed by atoms with Gasteiger partial charge in [-0.3, -0.25) is 4.99 Å². The number of rotatable bonds is 4. The van der Waals surface area contributed by atoms with Gasteiger partial charge in [-0.05, 0) is 41.9 Å². The van der Waals surface area contributed by atoms with E-state index < -0.39 is 0 Å². The minimum absolute atomic E-state index is 0.0492. The zero-order valence-corrected chi connectivity index (χ0v) is 15.6. The largest absolute Gasteiger partial charge is 0.497 e. The molecular formula is C20H32N2O. The molecule has 0 aromatic heterocycles. The van der Waals surface area contributed by atoms with E-state index in [0.29, 0.717) is 12.0 Å². The summed E-state index contributed by atoms with van der Waals surface area (Å²) in [6.45, 7) is 9.01. The van der Waals surface area contributed by atoms with Gasteiger partial charge < -0.3 is 10.1 Å². The SMILES string of the molecule is CNc1c(C=NC2CCCCC2C)cc(OC)cc1C(C)(C)C. The Labute approximate surface area is 141 Å². The molecule has 0 aliphatic heterocycles. The van der Waals surface area contributed by atoms with Gasteiger partial charge in [0.1, 0.15) is 5.75 Å². The Hall–Kier alpha value is -1.51. The quantitative estimate of drug-likeness (QED) is 0.790. The summed E-state index contributed by atoms with van der Waals surface area (Å²) in [6.07, 6.45) is 7.21. The fourth-order valence-electron chi connectivity index (χ4n) is 3.42. The van der Waals surface area contributed by atoms with E-state index in [2.05, 4.69) is 51.4 Å². The number of nitrogens with zero attached hydrogens (tertiary/aromatic N) is 1. The summed E-state index contributed by atoms with van der Waals surface area (Å²) in [5.41, 5.74) is 3.59. The third-order valence-electron chi connectivity index (χ3n) is 4.91. The molecule has 2 unspecified atom stereocenters. The van der Waals surface area contributed by atoms with Crippen molar-refractivity contribution in [3.8, 4) is 5.75 Å². The van der Waals surface area contributed by atoms with Gasteiger partial charge >= 0.3 is 0 Å². The van der Waals surface area contributed by atoms with Gasteiger partial charge in [0, 0.05) is 24.5 Å². The van der Waals surface area contributed by atoms with Gasteiger partial charge in [-0.2, -0.15) is 0 Å². The highest BCUT2D eigenvalue weighted by atomic mass is 16.5. The topological polar surface area (TPSA) is 33.6 Å². The second-order valence-electron chi connectivity index (χ2n) is 7.75. The third kappa shape index (κ3) is 4.27. The molecule has 3 nitrogen and oxygen atoms in total. The molecule has 1 aliphatic carbocycles. The van der Waals surface area contributed by atoms with Crippen LogP contribution in [0.2, 0.25) is 0 Å². The fraction of sp³-hybridized carbons (Fsp3) is 0.650. The van der Waals surface area contributed by atoms with E-state index in [0.717, 1.165) is 17.0 Å². The maximum absolute atomic E-state index is 5.51. The molecule has 0 heterocycles. The van der Waals surface area contributed by atoms with Gasteiger partial charge in [-0.15, -0.1) is 0 Å². The van der Waals surface area contributed by atoms with E-state index >= 15 is 0 Å². The van der Waals surface area contributed by atoms with E-state index in [-0.39, 0.29) is 5.41 Å². The molecule has 1 N–H and O–H groups in total. The number of aliphatic imine (C=N–C) groups is 1. The molecule has 128 valence electrons. The Kier molecular flexibility index (Phi) is 5.72.